The van der Waals surface area contributed by atoms with Crippen LogP contribution in [-0.2, 0) is 14.3 Å². The summed E-state index contributed by atoms with van der Waals surface area (Å²) in [6.07, 6.45) is 3.73. The molecule has 1 aliphatic heterocycles. The van der Waals surface area contributed by atoms with E-state index in [1.165, 1.54) is 31.4 Å². The molecule has 1 fully saturated rings. The zero-order valence-electron chi connectivity index (χ0n) is 19.6. The fraction of sp³-hybridized carbons (Fsp3) is 0.522. The minimum Gasteiger partial charge on any atom is -0.505 e. The van der Waals surface area contributed by atoms with Crippen molar-refractivity contribution in [1.29, 1.82) is 0 Å². The van der Waals surface area contributed by atoms with Crippen molar-refractivity contribution in [2.45, 2.75) is 35.0 Å². The molecule has 35 heavy (non-hydrogen) atoms. The molecule has 2 aliphatic rings. The first kappa shape index (κ1) is 27.5. The number of piperidine rings is 1. The van der Waals surface area contributed by atoms with Gasteiger partial charge in [-0.15, -0.1) is 0 Å². The van der Waals surface area contributed by atoms with E-state index in [4.69, 9.17) is 48.9 Å². The van der Waals surface area contributed by atoms with Crippen LogP contribution in [0.4, 0.5) is 4.39 Å². The van der Waals surface area contributed by atoms with Crippen LogP contribution in [-0.4, -0.2) is 78.5 Å². The molecule has 194 valence electrons. The van der Waals surface area contributed by atoms with Crippen LogP contribution >= 0.6 is 23.2 Å². The Bertz CT molecular complexity index is 989. The lowest BCUT2D eigenvalue weighted by molar-refractivity contribution is -0.120. The van der Waals surface area contributed by atoms with Gasteiger partial charge in [0.1, 0.15) is 17.2 Å². The fourth-order valence-corrected chi connectivity index (χ4v) is 4.33. The summed E-state index contributed by atoms with van der Waals surface area (Å²) in [6, 6.07) is 3.67. The molecule has 0 aromatic heterocycles. The van der Waals surface area contributed by atoms with Gasteiger partial charge >= 0.3 is 0 Å². The van der Waals surface area contributed by atoms with Crippen molar-refractivity contribution in [3.05, 3.63) is 47.5 Å². The summed E-state index contributed by atoms with van der Waals surface area (Å²) in [5, 5.41) is 12.2. The standard InChI is InChI=1S/C23H31Cl2FN4O5/c1-33-19-12-23(27,28)22(24,25)11-15(19)21(32)29-17-6-8-30(13-20(17)34-2)7-3-9-35-14-4-5-18(31)16(26)10-14/h4-5,10-12,17,20,31H,3,6-9,13,27-28H2,1-2H3,(H,29,32)/t17-,20+/m0/s1. The van der Waals surface area contributed by atoms with E-state index in [0.717, 1.165) is 19.2 Å². The maximum Gasteiger partial charge on any atom is 0.255 e. The van der Waals surface area contributed by atoms with Crippen molar-refractivity contribution in [2.75, 3.05) is 40.5 Å². The molecule has 1 amide bonds. The molecule has 1 saturated heterocycles. The van der Waals surface area contributed by atoms with Crippen molar-refractivity contribution in [2.24, 2.45) is 11.5 Å². The number of benzene rings is 1. The number of halogens is 3. The zero-order chi connectivity index (χ0) is 25.8. The van der Waals surface area contributed by atoms with E-state index in [2.05, 4.69) is 10.2 Å². The summed E-state index contributed by atoms with van der Waals surface area (Å²) in [6.45, 7) is 2.46. The number of hydrogen-bond acceptors (Lipinski definition) is 8. The highest BCUT2D eigenvalue weighted by atomic mass is 35.5. The van der Waals surface area contributed by atoms with Crippen LogP contribution in [0.25, 0.3) is 0 Å². The van der Waals surface area contributed by atoms with Gasteiger partial charge in [0.2, 0.25) is 0 Å². The molecule has 1 aliphatic carbocycles. The highest BCUT2D eigenvalue weighted by Crippen LogP contribution is 2.39. The van der Waals surface area contributed by atoms with E-state index in [1.54, 1.807) is 7.11 Å². The van der Waals surface area contributed by atoms with Gasteiger partial charge in [-0.2, -0.15) is 0 Å². The number of methoxy groups -OCH3 is 2. The van der Waals surface area contributed by atoms with Gasteiger partial charge in [-0.25, -0.2) is 4.39 Å². The lowest BCUT2D eigenvalue weighted by Crippen LogP contribution is -2.61. The monoisotopic (exact) mass is 532 g/mol. The highest BCUT2D eigenvalue weighted by molar-refractivity contribution is 6.51. The summed E-state index contributed by atoms with van der Waals surface area (Å²) < 4.78 is 28.2. The van der Waals surface area contributed by atoms with Crippen molar-refractivity contribution < 1.29 is 28.5 Å². The second-order valence-corrected chi connectivity index (χ2v) is 9.97. The van der Waals surface area contributed by atoms with Crippen LogP contribution in [0.1, 0.15) is 12.8 Å². The molecule has 0 bridgehead atoms. The minimum absolute atomic E-state index is 0.143. The van der Waals surface area contributed by atoms with Crippen molar-refractivity contribution in [3.63, 3.8) is 0 Å². The minimum atomic E-state index is -1.69. The lowest BCUT2D eigenvalue weighted by Gasteiger charge is -2.39. The Hall–Kier alpha value is -2.08. The van der Waals surface area contributed by atoms with Gasteiger partial charge in [0.15, 0.2) is 15.9 Å². The average molecular weight is 533 g/mol. The number of hydrogen-bond donors (Lipinski definition) is 4. The van der Waals surface area contributed by atoms with Gasteiger partial charge in [-0.1, -0.05) is 23.2 Å². The predicted molar refractivity (Wildman–Crippen MR) is 131 cm³/mol. The van der Waals surface area contributed by atoms with Gasteiger partial charge in [-0.05, 0) is 37.1 Å². The van der Waals surface area contributed by atoms with E-state index >= 15 is 0 Å². The van der Waals surface area contributed by atoms with E-state index in [9.17, 15) is 14.3 Å². The van der Waals surface area contributed by atoms with Crippen molar-refractivity contribution >= 4 is 29.1 Å². The van der Waals surface area contributed by atoms with E-state index in [-0.39, 0.29) is 23.5 Å². The molecule has 0 radical (unpaired) electrons. The normalized spacial score (nSPS) is 23.7. The van der Waals surface area contributed by atoms with Crippen LogP contribution in [0.15, 0.2) is 41.7 Å². The lowest BCUT2D eigenvalue weighted by atomic mass is 9.94. The topological polar surface area (TPSA) is 132 Å². The Morgan fingerprint density at radius 3 is 2.71 bits per heavy atom. The van der Waals surface area contributed by atoms with Gasteiger partial charge in [0, 0.05) is 32.8 Å². The van der Waals surface area contributed by atoms with Crippen LogP contribution in [0.5, 0.6) is 11.5 Å². The van der Waals surface area contributed by atoms with Crippen molar-refractivity contribution in [1.82, 2.24) is 10.2 Å². The molecule has 0 unspecified atom stereocenters. The Labute approximate surface area is 213 Å². The Morgan fingerprint density at radius 1 is 1.31 bits per heavy atom. The van der Waals surface area contributed by atoms with Crippen LogP contribution < -0.4 is 21.5 Å². The number of carbonyl (C=O) groups is 1. The number of alkyl halides is 2. The summed E-state index contributed by atoms with van der Waals surface area (Å²) in [5.74, 6) is -1.01. The molecule has 2 atom stereocenters. The Balaban J connectivity index is 1.52. The number of nitrogens with one attached hydrogen (secondary N) is 1. The number of carbonyl (C=O) groups excluding carboxylic acids is 1. The smallest absolute Gasteiger partial charge is 0.255 e. The number of ether oxygens (including phenoxy) is 3. The second-order valence-electron chi connectivity index (χ2n) is 8.59. The third-order valence-corrected chi connectivity index (χ3v) is 6.94. The van der Waals surface area contributed by atoms with Crippen molar-refractivity contribution in [3.8, 4) is 11.5 Å². The van der Waals surface area contributed by atoms with Crippen LogP contribution in [0, 0.1) is 5.82 Å². The van der Waals surface area contributed by atoms with Crippen LogP contribution in [0.3, 0.4) is 0 Å². The number of aromatic hydroxyl groups is 1. The van der Waals surface area contributed by atoms with Gasteiger partial charge in [0.25, 0.3) is 5.91 Å². The highest BCUT2D eigenvalue weighted by Gasteiger charge is 2.46. The zero-order valence-corrected chi connectivity index (χ0v) is 21.1. The van der Waals surface area contributed by atoms with E-state index in [0.29, 0.717) is 31.7 Å². The number of nitrogens with two attached hydrogens (primary N) is 2. The van der Waals surface area contributed by atoms with Gasteiger partial charge in [0.05, 0.1) is 31.4 Å². The number of phenolic OH excluding ortho intramolecular Hbond substituents is 1. The molecule has 3 rings (SSSR count). The molecule has 6 N–H and O–H groups in total. The SMILES string of the molecule is COC1=CC(N)(N)C(Cl)(Cl)C=C1C(=O)N[C@H]1CCN(CCCOc2ccc(O)c(F)c2)C[C@H]1OC. The number of rotatable bonds is 9. The molecule has 0 saturated carbocycles. The van der Waals surface area contributed by atoms with E-state index < -0.39 is 27.5 Å². The van der Waals surface area contributed by atoms with E-state index in [1.807, 2.05) is 0 Å². The number of phenols is 1. The maximum atomic E-state index is 13.4. The number of amides is 1. The molecular weight excluding hydrogens is 502 g/mol. The Morgan fingerprint density at radius 2 is 2.06 bits per heavy atom. The number of likely N-dealkylation sites (tertiary alicyclic amines) is 1. The first-order valence-electron chi connectivity index (χ1n) is 11.1. The van der Waals surface area contributed by atoms with Crippen LogP contribution in [0.2, 0.25) is 0 Å². The molecule has 1 aromatic carbocycles. The summed E-state index contributed by atoms with van der Waals surface area (Å²) in [4.78, 5) is 15.2. The second kappa shape index (κ2) is 11.3. The number of nitrogens with zero attached hydrogens (tertiary/aromatic N) is 1. The molecular formula is C23H31Cl2FN4O5. The predicted octanol–water partition coefficient (Wildman–Crippen LogP) is 1.76. The molecule has 1 aromatic rings. The summed E-state index contributed by atoms with van der Waals surface area (Å²) in [7, 11) is 2.99. The van der Waals surface area contributed by atoms with Gasteiger partial charge < -0.3 is 41.0 Å². The summed E-state index contributed by atoms with van der Waals surface area (Å²) >= 11 is 12.5. The molecule has 9 nitrogen and oxygen atoms in total. The molecule has 0 spiro atoms. The third kappa shape index (κ3) is 6.58. The molecule has 12 heteroatoms. The van der Waals surface area contributed by atoms with Gasteiger partial charge in [-0.3, -0.25) is 4.79 Å². The average Bonchev–Trinajstić information content (AvgIpc) is 2.81. The third-order valence-electron chi connectivity index (χ3n) is 6.07. The molecule has 1 heterocycles. The first-order valence-corrected chi connectivity index (χ1v) is 11.9. The quantitative estimate of drug-likeness (QED) is 0.215. The maximum absolute atomic E-state index is 13.4. The largest absolute Gasteiger partial charge is 0.505 e. The Kier molecular flexibility index (Phi) is 8.90. The fourth-order valence-electron chi connectivity index (χ4n) is 4.00. The summed E-state index contributed by atoms with van der Waals surface area (Å²) in [5.41, 5.74) is 10.4. The first-order chi connectivity index (χ1) is 16.5.